The molecule has 0 aromatic carbocycles. The topological polar surface area (TPSA) is 74.6 Å². The summed E-state index contributed by atoms with van der Waals surface area (Å²) in [6.45, 7) is 1.54. The molecule has 0 bridgehead atoms. The van der Waals surface area contributed by atoms with E-state index >= 15 is 0 Å². The zero-order valence-electron chi connectivity index (χ0n) is 7.62. The van der Waals surface area contributed by atoms with Gasteiger partial charge in [-0.3, -0.25) is 9.59 Å². The van der Waals surface area contributed by atoms with Crippen molar-refractivity contribution in [2.45, 2.75) is 32.6 Å². The van der Waals surface area contributed by atoms with E-state index < -0.39 is 23.3 Å². The molecule has 74 valence electrons. The first kappa shape index (κ1) is 10.0. The van der Waals surface area contributed by atoms with Gasteiger partial charge in [0.2, 0.25) is 0 Å². The van der Waals surface area contributed by atoms with Gasteiger partial charge in [-0.1, -0.05) is 12.8 Å². The molecule has 0 saturated heterocycles. The standard InChI is InChI=1S/C9H14O4/c1-9(8(12)13)5-3-2-4-6(9)7(10)11/h6H,2-5H2,1H3,(H,10,11)(H,12,13)/t6-,9-/m0/s1. The fraction of sp³-hybridized carbons (Fsp3) is 0.778. The summed E-state index contributed by atoms with van der Waals surface area (Å²) in [5.74, 6) is -2.69. The predicted molar refractivity (Wildman–Crippen MR) is 45.3 cm³/mol. The molecule has 0 radical (unpaired) electrons. The van der Waals surface area contributed by atoms with Crippen molar-refractivity contribution in [3.05, 3.63) is 0 Å². The van der Waals surface area contributed by atoms with E-state index in [1.54, 1.807) is 0 Å². The van der Waals surface area contributed by atoms with E-state index in [1.807, 2.05) is 0 Å². The van der Waals surface area contributed by atoms with Crippen LogP contribution in [0.5, 0.6) is 0 Å². The fourth-order valence-electron chi connectivity index (χ4n) is 1.99. The van der Waals surface area contributed by atoms with Crippen LogP contribution in [0.1, 0.15) is 32.6 Å². The molecule has 1 saturated carbocycles. The number of hydrogen-bond donors (Lipinski definition) is 2. The zero-order chi connectivity index (χ0) is 10.1. The van der Waals surface area contributed by atoms with E-state index in [1.165, 1.54) is 6.92 Å². The molecule has 1 aliphatic rings. The molecule has 4 heteroatoms. The van der Waals surface area contributed by atoms with Crippen LogP contribution in [-0.4, -0.2) is 22.2 Å². The van der Waals surface area contributed by atoms with Crippen molar-refractivity contribution in [1.82, 2.24) is 0 Å². The molecule has 4 nitrogen and oxygen atoms in total. The second kappa shape index (κ2) is 3.36. The second-order valence-corrected chi connectivity index (χ2v) is 3.86. The van der Waals surface area contributed by atoms with Gasteiger partial charge in [0, 0.05) is 0 Å². The van der Waals surface area contributed by atoms with Crippen LogP contribution >= 0.6 is 0 Å². The van der Waals surface area contributed by atoms with Gasteiger partial charge in [0.1, 0.15) is 0 Å². The summed E-state index contributed by atoms with van der Waals surface area (Å²) >= 11 is 0. The Hall–Kier alpha value is -1.06. The minimum Gasteiger partial charge on any atom is -0.481 e. The van der Waals surface area contributed by atoms with Crippen molar-refractivity contribution < 1.29 is 19.8 Å². The van der Waals surface area contributed by atoms with Gasteiger partial charge in [0.25, 0.3) is 0 Å². The van der Waals surface area contributed by atoms with Crippen LogP contribution in [0.3, 0.4) is 0 Å². The van der Waals surface area contributed by atoms with Gasteiger partial charge in [-0.25, -0.2) is 0 Å². The van der Waals surface area contributed by atoms with Gasteiger partial charge < -0.3 is 10.2 Å². The van der Waals surface area contributed by atoms with E-state index in [-0.39, 0.29) is 0 Å². The molecular formula is C9H14O4. The maximum Gasteiger partial charge on any atom is 0.310 e. The van der Waals surface area contributed by atoms with Crippen molar-refractivity contribution >= 4 is 11.9 Å². The highest BCUT2D eigenvalue weighted by Gasteiger charge is 2.46. The van der Waals surface area contributed by atoms with Gasteiger partial charge in [0.05, 0.1) is 11.3 Å². The number of hydrogen-bond acceptors (Lipinski definition) is 2. The van der Waals surface area contributed by atoms with E-state index in [2.05, 4.69) is 0 Å². The van der Waals surface area contributed by atoms with Gasteiger partial charge >= 0.3 is 11.9 Å². The van der Waals surface area contributed by atoms with E-state index in [4.69, 9.17) is 10.2 Å². The maximum absolute atomic E-state index is 10.9. The Balaban J connectivity index is 2.89. The number of carboxylic acids is 2. The van der Waals surface area contributed by atoms with Crippen LogP contribution in [-0.2, 0) is 9.59 Å². The highest BCUT2D eigenvalue weighted by atomic mass is 16.4. The summed E-state index contributed by atoms with van der Waals surface area (Å²) in [5.41, 5.74) is -1.07. The lowest BCUT2D eigenvalue weighted by molar-refractivity contribution is -0.164. The number of carbonyl (C=O) groups is 2. The molecule has 13 heavy (non-hydrogen) atoms. The van der Waals surface area contributed by atoms with Gasteiger partial charge in [-0.05, 0) is 19.8 Å². The lowest BCUT2D eigenvalue weighted by Crippen LogP contribution is -2.42. The van der Waals surface area contributed by atoms with Crippen LogP contribution in [0.25, 0.3) is 0 Å². The van der Waals surface area contributed by atoms with Crippen molar-refractivity contribution in [2.24, 2.45) is 11.3 Å². The van der Waals surface area contributed by atoms with Crippen molar-refractivity contribution in [1.29, 1.82) is 0 Å². The van der Waals surface area contributed by atoms with Crippen molar-refractivity contribution in [3.8, 4) is 0 Å². The quantitative estimate of drug-likeness (QED) is 0.682. The molecule has 0 spiro atoms. The number of carboxylic acid groups (broad SMARTS) is 2. The average Bonchev–Trinajstić information content (AvgIpc) is 2.04. The van der Waals surface area contributed by atoms with Crippen LogP contribution in [0.15, 0.2) is 0 Å². The Morgan fingerprint density at radius 3 is 2.31 bits per heavy atom. The third-order valence-electron chi connectivity index (χ3n) is 2.99. The summed E-state index contributed by atoms with van der Waals surface area (Å²) < 4.78 is 0. The largest absolute Gasteiger partial charge is 0.481 e. The van der Waals surface area contributed by atoms with Crippen LogP contribution in [0.2, 0.25) is 0 Å². The number of aliphatic carboxylic acids is 2. The lowest BCUT2D eigenvalue weighted by atomic mass is 9.67. The summed E-state index contributed by atoms with van der Waals surface area (Å²) in [6, 6.07) is 0. The van der Waals surface area contributed by atoms with Gasteiger partial charge in [-0.15, -0.1) is 0 Å². The Labute approximate surface area is 76.6 Å². The minimum absolute atomic E-state index is 0.472. The molecule has 0 heterocycles. The minimum atomic E-state index is -1.07. The second-order valence-electron chi connectivity index (χ2n) is 3.86. The lowest BCUT2D eigenvalue weighted by Gasteiger charge is -2.34. The van der Waals surface area contributed by atoms with Crippen LogP contribution in [0.4, 0.5) is 0 Å². The van der Waals surface area contributed by atoms with E-state index in [0.29, 0.717) is 12.8 Å². The third kappa shape index (κ3) is 1.66. The molecule has 2 N–H and O–H groups in total. The highest BCUT2D eigenvalue weighted by Crippen LogP contribution is 2.41. The van der Waals surface area contributed by atoms with Gasteiger partial charge in [-0.2, -0.15) is 0 Å². The smallest absolute Gasteiger partial charge is 0.310 e. The monoisotopic (exact) mass is 186 g/mol. The summed E-state index contributed by atoms with van der Waals surface area (Å²) in [4.78, 5) is 21.7. The first-order valence-electron chi connectivity index (χ1n) is 4.44. The van der Waals surface area contributed by atoms with E-state index in [9.17, 15) is 9.59 Å². The van der Waals surface area contributed by atoms with E-state index in [0.717, 1.165) is 12.8 Å². The molecule has 1 rings (SSSR count). The molecule has 0 aromatic rings. The molecule has 0 aromatic heterocycles. The predicted octanol–water partition coefficient (Wildman–Crippen LogP) is 1.35. The molecule has 0 amide bonds. The average molecular weight is 186 g/mol. The summed E-state index contributed by atoms with van der Waals surface area (Å²) in [7, 11) is 0. The number of rotatable bonds is 2. The molecule has 2 atom stereocenters. The molecule has 1 fully saturated rings. The van der Waals surface area contributed by atoms with Crippen LogP contribution < -0.4 is 0 Å². The summed E-state index contributed by atoms with van der Waals surface area (Å²) in [6.07, 6.45) is 2.59. The Bertz CT molecular complexity index is 236. The zero-order valence-corrected chi connectivity index (χ0v) is 7.62. The van der Waals surface area contributed by atoms with Crippen molar-refractivity contribution in [3.63, 3.8) is 0 Å². The summed E-state index contributed by atoms with van der Waals surface area (Å²) in [5, 5.41) is 17.8. The first-order chi connectivity index (χ1) is 5.98. The molecular weight excluding hydrogens is 172 g/mol. The maximum atomic E-state index is 10.9. The first-order valence-corrected chi connectivity index (χ1v) is 4.44. The Morgan fingerprint density at radius 1 is 1.31 bits per heavy atom. The fourth-order valence-corrected chi connectivity index (χ4v) is 1.99. The SMILES string of the molecule is C[C@]1(C(=O)O)CCCC[C@H]1C(=O)O. The van der Waals surface area contributed by atoms with Crippen molar-refractivity contribution in [2.75, 3.05) is 0 Å². The Morgan fingerprint density at radius 2 is 1.92 bits per heavy atom. The Kier molecular flexibility index (Phi) is 2.59. The normalized spacial score (nSPS) is 34.1. The van der Waals surface area contributed by atoms with Gasteiger partial charge in [0.15, 0.2) is 0 Å². The molecule has 0 unspecified atom stereocenters. The van der Waals surface area contributed by atoms with Crippen LogP contribution in [0, 0.1) is 11.3 Å². The third-order valence-corrected chi connectivity index (χ3v) is 2.99. The molecule has 1 aliphatic carbocycles. The highest BCUT2D eigenvalue weighted by molar-refractivity contribution is 5.83. The molecule has 0 aliphatic heterocycles.